The lowest BCUT2D eigenvalue weighted by Gasteiger charge is -2.36. The number of aromatic nitrogens is 1. The summed E-state index contributed by atoms with van der Waals surface area (Å²) in [4.78, 5) is 4.85. The molecule has 0 radical (unpaired) electrons. The number of benzene rings is 1. The second-order valence-corrected chi connectivity index (χ2v) is 8.48. The molecule has 5 nitrogen and oxygen atoms in total. The Morgan fingerprint density at radius 3 is 2.41 bits per heavy atom. The smallest absolute Gasteiger partial charge is 0.180 e. The molecular formula is C19H27Cl3N4O. The first kappa shape index (κ1) is 21.0. The van der Waals surface area contributed by atoms with E-state index in [4.69, 9.17) is 33.5 Å². The van der Waals surface area contributed by atoms with Crippen molar-refractivity contribution in [2.75, 3.05) is 37.6 Å². The van der Waals surface area contributed by atoms with E-state index in [1.807, 2.05) is 6.07 Å². The van der Waals surface area contributed by atoms with Gasteiger partial charge in [0.2, 0.25) is 0 Å². The van der Waals surface area contributed by atoms with E-state index in [0.717, 1.165) is 43.3 Å². The number of halogens is 3. The van der Waals surface area contributed by atoms with Crippen molar-refractivity contribution in [2.45, 2.75) is 38.1 Å². The molecule has 0 bridgehead atoms. The van der Waals surface area contributed by atoms with Crippen molar-refractivity contribution in [3.63, 3.8) is 0 Å². The first-order chi connectivity index (χ1) is 12.6. The van der Waals surface area contributed by atoms with E-state index in [0.29, 0.717) is 21.7 Å². The number of piperazine rings is 1. The number of nitrogens with two attached hydrogens (primary N) is 1. The van der Waals surface area contributed by atoms with Gasteiger partial charge in [0.15, 0.2) is 11.4 Å². The Morgan fingerprint density at radius 2 is 1.70 bits per heavy atom. The molecule has 0 atom stereocenters. The van der Waals surface area contributed by atoms with Gasteiger partial charge < -0.3 is 15.2 Å². The largest absolute Gasteiger partial charge is 0.354 e. The van der Waals surface area contributed by atoms with Crippen molar-refractivity contribution < 1.29 is 4.52 Å². The number of fused-ring (bicyclic) bond motifs is 1. The van der Waals surface area contributed by atoms with Crippen LogP contribution in [0.15, 0.2) is 16.7 Å². The van der Waals surface area contributed by atoms with Gasteiger partial charge in [-0.3, -0.25) is 4.90 Å². The summed E-state index contributed by atoms with van der Waals surface area (Å²) in [6.45, 7) is 5.22. The van der Waals surface area contributed by atoms with Gasteiger partial charge in [0.1, 0.15) is 0 Å². The topological polar surface area (TPSA) is 58.5 Å². The van der Waals surface area contributed by atoms with Crippen LogP contribution in [0.25, 0.3) is 11.0 Å². The third kappa shape index (κ3) is 4.83. The summed E-state index contributed by atoms with van der Waals surface area (Å²) in [6, 6.07) is 4.03. The molecule has 4 rings (SSSR count). The molecule has 1 saturated carbocycles. The Balaban J connectivity index is 0.00000210. The van der Waals surface area contributed by atoms with Gasteiger partial charge in [0.25, 0.3) is 0 Å². The highest BCUT2D eigenvalue weighted by atomic mass is 35.5. The molecule has 1 aliphatic heterocycles. The Kier molecular flexibility index (Phi) is 7.14. The van der Waals surface area contributed by atoms with Crippen molar-refractivity contribution in [1.29, 1.82) is 0 Å². The Hall–Kier alpha value is -0.720. The maximum atomic E-state index is 6.17. The van der Waals surface area contributed by atoms with Crippen LogP contribution >= 0.6 is 35.6 Å². The quantitative estimate of drug-likeness (QED) is 0.764. The van der Waals surface area contributed by atoms with Gasteiger partial charge in [-0.2, -0.15) is 0 Å². The average Bonchev–Trinajstić information content (AvgIpc) is 3.05. The zero-order valence-electron chi connectivity index (χ0n) is 15.4. The molecule has 150 valence electrons. The zero-order chi connectivity index (χ0) is 18.1. The number of rotatable bonds is 4. The van der Waals surface area contributed by atoms with Crippen LogP contribution in [0.3, 0.4) is 0 Å². The summed E-state index contributed by atoms with van der Waals surface area (Å²) in [5.74, 6) is 1.73. The Bertz CT molecular complexity index is 753. The summed E-state index contributed by atoms with van der Waals surface area (Å²) in [7, 11) is 0. The van der Waals surface area contributed by atoms with E-state index in [1.54, 1.807) is 6.07 Å². The fourth-order valence-corrected chi connectivity index (χ4v) is 4.49. The van der Waals surface area contributed by atoms with Crippen LogP contribution in [0.2, 0.25) is 10.0 Å². The molecule has 1 aliphatic carbocycles. The van der Waals surface area contributed by atoms with E-state index in [2.05, 4.69) is 15.0 Å². The predicted molar refractivity (Wildman–Crippen MR) is 114 cm³/mol. The summed E-state index contributed by atoms with van der Waals surface area (Å²) >= 11 is 12.2. The van der Waals surface area contributed by atoms with Crippen LogP contribution < -0.4 is 10.6 Å². The standard InChI is InChI=1S/C19H26Cl2N4O.ClH/c20-16-11-15-18(12-17(16)21)26-23-19(15)25-9-7-24(8-10-25)6-5-13-1-3-14(22)4-2-13;/h11-14H,1-10,22H2;1H. The van der Waals surface area contributed by atoms with Gasteiger partial charge >= 0.3 is 0 Å². The second kappa shape index (κ2) is 9.19. The van der Waals surface area contributed by atoms with E-state index < -0.39 is 0 Å². The van der Waals surface area contributed by atoms with Gasteiger partial charge in [-0.1, -0.05) is 28.4 Å². The SMILES string of the molecule is Cl.NC1CCC(CCN2CCN(c3noc4cc(Cl)c(Cl)cc34)CC2)CC1. The molecule has 8 heteroatoms. The normalized spacial score (nSPS) is 24.2. The van der Waals surface area contributed by atoms with Crippen molar-refractivity contribution in [2.24, 2.45) is 11.7 Å². The van der Waals surface area contributed by atoms with E-state index in [9.17, 15) is 0 Å². The van der Waals surface area contributed by atoms with E-state index in [1.165, 1.54) is 38.6 Å². The lowest BCUT2D eigenvalue weighted by molar-refractivity contribution is 0.216. The molecule has 2 aromatic rings. The summed E-state index contributed by atoms with van der Waals surface area (Å²) in [6.07, 6.45) is 6.30. The van der Waals surface area contributed by atoms with Crippen LogP contribution in [0.5, 0.6) is 0 Å². The highest BCUT2D eigenvalue weighted by molar-refractivity contribution is 6.42. The third-order valence-corrected chi connectivity index (χ3v) is 6.63. The molecule has 2 heterocycles. The minimum Gasteiger partial charge on any atom is -0.354 e. The van der Waals surface area contributed by atoms with Gasteiger partial charge in [0.05, 0.1) is 15.4 Å². The van der Waals surface area contributed by atoms with E-state index in [-0.39, 0.29) is 12.4 Å². The van der Waals surface area contributed by atoms with Crippen LogP contribution in [-0.4, -0.2) is 48.8 Å². The van der Waals surface area contributed by atoms with Crippen molar-refractivity contribution in [3.8, 4) is 0 Å². The van der Waals surface area contributed by atoms with Gasteiger partial charge in [-0.25, -0.2) is 0 Å². The molecule has 2 fully saturated rings. The third-order valence-electron chi connectivity index (χ3n) is 5.91. The molecule has 2 N–H and O–H groups in total. The molecule has 27 heavy (non-hydrogen) atoms. The number of nitrogens with zero attached hydrogens (tertiary/aromatic N) is 3. The lowest BCUT2D eigenvalue weighted by Crippen LogP contribution is -2.47. The summed E-state index contributed by atoms with van der Waals surface area (Å²) in [5, 5.41) is 6.22. The average molecular weight is 434 g/mol. The monoisotopic (exact) mass is 432 g/mol. The molecule has 0 amide bonds. The molecule has 0 spiro atoms. The molecular weight excluding hydrogens is 407 g/mol. The molecule has 0 unspecified atom stereocenters. The first-order valence-corrected chi connectivity index (χ1v) is 10.3. The number of hydrogen-bond donors (Lipinski definition) is 1. The first-order valence-electron chi connectivity index (χ1n) is 9.57. The lowest BCUT2D eigenvalue weighted by atomic mass is 9.84. The fourth-order valence-electron chi connectivity index (χ4n) is 4.17. The highest BCUT2D eigenvalue weighted by Gasteiger charge is 2.24. The van der Waals surface area contributed by atoms with Gasteiger partial charge in [-0.05, 0) is 50.6 Å². The maximum Gasteiger partial charge on any atom is 0.180 e. The molecule has 1 aromatic carbocycles. The Labute approximate surface area is 176 Å². The van der Waals surface area contributed by atoms with Crippen molar-refractivity contribution in [3.05, 3.63) is 22.2 Å². The number of hydrogen-bond acceptors (Lipinski definition) is 5. The minimum absolute atomic E-state index is 0. The highest BCUT2D eigenvalue weighted by Crippen LogP contribution is 2.34. The van der Waals surface area contributed by atoms with Crippen LogP contribution in [0, 0.1) is 5.92 Å². The van der Waals surface area contributed by atoms with Crippen molar-refractivity contribution in [1.82, 2.24) is 10.1 Å². The van der Waals surface area contributed by atoms with Crippen LogP contribution in [0.4, 0.5) is 5.82 Å². The van der Waals surface area contributed by atoms with E-state index >= 15 is 0 Å². The summed E-state index contributed by atoms with van der Waals surface area (Å²) in [5.41, 5.74) is 6.70. The fraction of sp³-hybridized carbons (Fsp3) is 0.632. The number of anilines is 1. The van der Waals surface area contributed by atoms with Gasteiger partial charge in [0, 0.05) is 38.3 Å². The second-order valence-electron chi connectivity index (χ2n) is 7.67. The maximum absolute atomic E-state index is 6.17. The molecule has 2 aliphatic rings. The summed E-state index contributed by atoms with van der Waals surface area (Å²) < 4.78 is 5.44. The van der Waals surface area contributed by atoms with Crippen molar-refractivity contribution >= 4 is 52.4 Å². The zero-order valence-corrected chi connectivity index (χ0v) is 17.7. The molecule has 1 aromatic heterocycles. The van der Waals surface area contributed by atoms with Crippen LogP contribution in [-0.2, 0) is 0 Å². The minimum atomic E-state index is 0. The Morgan fingerprint density at radius 1 is 1.04 bits per heavy atom. The predicted octanol–water partition coefficient (Wildman–Crippen LogP) is 4.59. The molecule has 1 saturated heterocycles. The van der Waals surface area contributed by atoms with Gasteiger partial charge in [-0.15, -0.1) is 12.4 Å². The van der Waals surface area contributed by atoms with Crippen LogP contribution in [0.1, 0.15) is 32.1 Å².